The van der Waals surface area contributed by atoms with E-state index in [0.29, 0.717) is 19.6 Å². The van der Waals surface area contributed by atoms with Gasteiger partial charge in [-0.2, -0.15) is 0 Å². The molecule has 0 unspecified atom stereocenters. The second-order valence-electron chi connectivity index (χ2n) is 7.35. The molecule has 1 N–H and O–H groups in total. The van der Waals surface area contributed by atoms with E-state index in [-0.39, 0.29) is 5.97 Å². The van der Waals surface area contributed by atoms with Crippen LogP contribution in [0.2, 0.25) is 0 Å². The van der Waals surface area contributed by atoms with Gasteiger partial charge >= 0.3 is 5.97 Å². The van der Waals surface area contributed by atoms with Crippen LogP contribution in [0.3, 0.4) is 0 Å². The topological polar surface area (TPSA) is 46.5 Å². The second-order valence-corrected chi connectivity index (χ2v) is 7.35. The molecule has 1 aliphatic heterocycles. The van der Waals surface area contributed by atoms with Crippen molar-refractivity contribution < 1.29 is 14.6 Å². The molecule has 150 valence electrons. The van der Waals surface area contributed by atoms with Crippen LogP contribution in [0, 0.1) is 0 Å². The zero-order chi connectivity index (χ0) is 18.4. The fourth-order valence-electron chi connectivity index (χ4n) is 3.11. The Balaban J connectivity index is 0.000000593. The lowest BCUT2D eigenvalue weighted by Gasteiger charge is -2.02. The van der Waals surface area contributed by atoms with E-state index in [1.807, 2.05) is 0 Å². The number of esters is 1. The molecule has 1 fully saturated rings. The second kappa shape index (κ2) is 21.5. The number of unbranched alkanes of at least 4 members (excludes halogenated alkanes) is 13. The van der Waals surface area contributed by atoms with Crippen molar-refractivity contribution in [2.24, 2.45) is 0 Å². The van der Waals surface area contributed by atoms with Crippen LogP contribution < -0.4 is 0 Å². The van der Waals surface area contributed by atoms with Crippen molar-refractivity contribution in [3.63, 3.8) is 0 Å². The molecule has 25 heavy (non-hydrogen) atoms. The first-order valence-corrected chi connectivity index (χ1v) is 11.1. The number of hydrogen-bond acceptors (Lipinski definition) is 3. The van der Waals surface area contributed by atoms with Crippen LogP contribution in [0.4, 0.5) is 0 Å². The van der Waals surface area contributed by atoms with Crippen molar-refractivity contribution in [2.75, 3.05) is 13.2 Å². The molecule has 1 aliphatic rings. The summed E-state index contributed by atoms with van der Waals surface area (Å²) in [6, 6.07) is 0. The largest absolute Gasteiger partial charge is 0.466 e. The number of ether oxygens (including phenoxy) is 1. The van der Waals surface area contributed by atoms with Crippen LogP contribution in [0.1, 0.15) is 122 Å². The maximum atomic E-state index is 10.5. The maximum Gasteiger partial charge on any atom is 0.305 e. The van der Waals surface area contributed by atoms with Crippen LogP contribution in [0.25, 0.3) is 0 Å². The van der Waals surface area contributed by atoms with Crippen molar-refractivity contribution in [2.45, 2.75) is 122 Å². The normalized spacial score (nSPS) is 14.4. The minimum Gasteiger partial charge on any atom is -0.466 e. The summed E-state index contributed by atoms with van der Waals surface area (Å²) in [6.07, 6.45) is 23.0. The van der Waals surface area contributed by atoms with E-state index in [1.165, 1.54) is 83.5 Å². The number of carbonyl (C=O) groups excluding carboxylic acids is 1. The predicted octanol–water partition coefficient (Wildman–Crippen LogP) is 6.56. The van der Waals surface area contributed by atoms with Gasteiger partial charge in [-0.05, 0) is 25.7 Å². The third-order valence-corrected chi connectivity index (χ3v) is 4.80. The third kappa shape index (κ3) is 21.4. The van der Waals surface area contributed by atoms with E-state index < -0.39 is 0 Å². The van der Waals surface area contributed by atoms with Crippen molar-refractivity contribution in [1.82, 2.24) is 0 Å². The highest BCUT2D eigenvalue weighted by Gasteiger charge is 2.05. The van der Waals surface area contributed by atoms with Gasteiger partial charge in [-0.3, -0.25) is 4.79 Å². The fraction of sp³-hybridized carbons (Fsp3) is 0.955. The van der Waals surface area contributed by atoms with E-state index in [4.69, 9.17) is 9.84 Å². The van der Waals surface area contributed by atoms with Crippen molar-refractivity contribution in [3.8, 4) is 0 Å². The molecule has 0 aliphatic carbocycles. The average Bonchev–Trinajstić information content (AvgIpc) is 2.87. The third-order valence-electron chi connectivity index (χ3n) is 4.80. The van der Waals surface area contributed by atoms with Gasteiger partial charge < -0.3 is 9.84 Å². The highest BCUT2D eigenvalue weighted by molar-refractivity contribution is 5.69. The van der Waals surface area contributed by atoms with E-state index >= 15 is 0 Å². The van der Waals surface area contributed by atoms with Crippen molar-refractivity contribution in [3.05, 3.63) is 0 Å². The zero-order valence-electron chi connectivity index (χ0n) is 16.9. The van der Waals surface area contributed by atoms with Gasteiger partial charge in [0, 0.05) is 13.0 Å². The van der Waals surface area contributed by atoms with Gasteiger partial charge in [-0.25, -0.2) is 0 Å². The smallest absolute Gasteiger partial charge is 0.305 e. The van der Waals surface area contributed by atoms with Crippen LogP contribution in [-0.4, -0.2) is 24.3 Å². The molecule has 0 bridgehead atoms. The number of carbonyl (C=O) groups is 1. The molecule has 0 aromatic carbocycles. The first-order chi connectivity index (χ1) is 12.3. The highest BCUT2D eigenvalue weighted by Crippen LogP contribution is 2.12. The number of rotatable bonds is 14. The first kappa shape index (κ1) is 24.4. The standard InChI is InChI=1S/C16H34O.C6H10O2/c1-2-3-4-5-6-7-8-9-10-11-12-13-14-15-16-17;7-6-4-2-1-3-5-8-6/h17H,2-16H2,1H3;1-5H2. The predicted molar refractivity (Wildman–Crippen MR) is 107 cm³/mol. The Morgan fingerprint density at radius 1 is 0.720 bits per heavy atom. The van der Waals surface area contributed by atoms with E-state index in [1.54, 1.807) is 0 Å². The van der Waals surface area contributed by atoms with Gasteiger partial charge in [0.15, 0.2) is 0 Å². The summed E-state index contributed by atoms with van der Waals surface area (Å²) in [4.78, 5) is 10.5. The van der Waals surface area contributed by atoms with Crippen LogP contribution in [-0.2, 0) is 9.53 Å². The average molecular weight is 357 g/mol. The molecule has 0 saturated carbocycles. The summed E-state index contributed by atoms with van der Waals surface area (Å²) < 4.78 is 4.76. The molecular weight excluding hydrogens is 312 g/mol. The Hall–Kier alpha value is -0.570. The molecule has 0 spiro atoms. The van der Waals surface area contributed by atoms with Crippen LogP contribution in [0.5, 0.6) is 0 Å². The number of aliphatic hydroxyl groups excluding tert-OH is 1. The minimum absolute atomic E-state index is 0.0255. The van der Waals surface area contributed by atoms with Crippen molar-refractivity contribution >= 4 is 5.97 Å². The molecule has 0 aromatic rings. The molecular formula is C22H44O3. The lowest BCUT2D eigenvalue weighted by molar-refractivity contribution is -0.142. The van der Waals surface area contributed by atoms with Crippen LogP contribution >= 0.6 is 0 Å². The molecule has 1 heterocycles. The monoisotopic (exact) mass is 356 g/mol. The van der Waals surface area contributed by atoms with Gasteiger partial charge in [0.05, 0.1) is 6.61 Å². The van der Waals surface area contributed by atoms with Crippen LogP contribution in [0.15, 0.2) is 0 Å². The summed E-state index contributed by atoms with van der Waals surface area (Å²) in [5.74, 6) is -0.0255. The molecule has 0 radical (unpaired) electrons. The van der Waals surface area contributed by atoms with E-state index in [2.05, 4.69) is 6.92 Å². The highest BCUT2D eigenvalue weighted by atomic mass is 16.5. The molecule has 1 saturated heterocycles. The maximum absolute atomic E-state index is 10.5. The molecule has 1 rings (SSSR count). The molecule has 0 amide bonds. The van der Waals surface area contributed by atoms with E-state index in [0.717, 1.165) is 25.7 Å². The van der Waals surface area contributed by atoms with Gasteiger partial charge in [-0.15, -0.1) is 0 Å². The lowest BCUT2D eigenvalue weighted by atomic mass is 10.0. The summed E-state index contributed by atoms with van der Waals surface area (Å²) in [6.45, 7) is 3.29. The summed E-state index contributed by atoms with van der Waals surface area (Å²) in [5, 5.41) is 8.64. The number of aliphatic hydroxyl groups is 1. The summed E-state index contributed by atoms with van der Waals surface area (Å²) in [5.41, 5.74) is 0. The molecule has 3 heteroatoms. The Morgan fingerprint density at radius 2 is 1.20 bits per heavy atom. The van der Waals surface area contributed by atoms with Gasteiger partial charge in [0.2, 0.25) is 0 Å². The quantitative estimate of drug-likeness (QED) is 0.283. The SMILES string of the molecule is CCCCCCCCCCCCCCCCO.O=C1CCCCCO1. The lowest BCUT2D eigenvalue weighted by Crippen LogP contribution is -2.00. The number of hydrogen-bond donors (Lipinski definition) is 1. The summed E-state index contributed by atoms with van der Waals surface area (Å²) >= 11 is 0. The van der Waals surface area contributed by atoms with E-state index in [9.17, 15) is 4.79 Å². The number of cyclic esters (lactones) is 1. The molecule has 0 aromatic heterocycles. The zero-order valence-corrected chi connectivity index (χ0v) is 16.9. The fourth-order valence-corrected chi connectivity index (χ4v) is 3.11. The Labute approximate surface area is 156 Å². The Bertz CT molecular complexity index is 242. The first-order valence-electron chi connectivity index (χ1n) is 11.1. The Kier molecular flexibility index (Phi) is 21.0. The Morgan fingerprint density at radius 3 is 1.68 bits per heavy atom. The molecule has 0 atom stereocenters. The molecule has 3 nitrogen and oxygen atoms in total. The minimum atomic E-state index is -0.0255. The van der Waals surface area contributed by atoms with Gasteiger partial charge in [0.25, 0.3) is 0 Å². The van der Waals surface area contributed by atoms with Gasteiger partial charge in [0.1, 0.15) is 0 Å². The summed E-state index contributed by atoms with van der Waals surface area (Å²) in [7, 11) is 0. The van der Waals surface area contributed by atoms with Gasteiger partial charge in [-0.1, -0.05) is 90.4 Å². The van der Waals surface area contributed by atoms with Crippen molar-refractivity contribution in [1.29, 1.82) is 0 Å².